The van der Waals surface area contributed by atoms with Crippen molar-refractivity contribution in [2.24, 2.45) is 0 Å². The lowest BCUT2D eigenvalue weighted by Gasteiger charge is -2.07. The maximum atomic E-state index is 5.52. The van der Waals surface area contributed by atoms with Crippen molar-refractivity contribution in [1.29, 1.82) is 0 Å². The summed E-state index contributed by atoms with van der Waals surface area (Å²) in [7, 11) is 0. The van der Waals surface area contributed by atoms with E-state index in [1.54, 1.807) is 11.3 Å². The minimum absolute atomic E-state index is 0.990. The van der Waals surface area contributed by atoms with E-state index in [-0.39, 0.29) is 0 Å². The Morgan fingerprint density at radius 3 is 1.75 bits per heavy atom. The lowest BCUT2D eigenvalue weighted by atomic mass is 10.0. The van der Waals surface area contributed by atoms with Crippen LogP contribution in [0.15, 0.2) is 152 Å². The van der Waals surface area contributed by atoms with Gasteiger partial charge in [-0.1, -0.05) is 114 Å². The van der Waals surface area contributed by atoms with Gasteiger partial charge in [-0.25, -0.2) is 4.98 Å². The normalized spacial score (nSPS) is 12.2. The number of thiophene rings is 1. The predicted molar refractivity (Wildman–Crippen MR) is 207 cm³/mol. The number of para-hydroxylation sites is 3. The molecule has 4 aromatic heterocycles. The Balaban J connectivity index is 1.27. The van der Waals surface area contributed by atoms with Crippen molar-refractivity contribution in [2.75, 3.05) is 0 Å². The monoisotopic (exact) mass is 647 g/mol. The molecular formula is C43H25N3S2. The van der Waals surface area contributed by atoms with Crippen LogP contribution in [0.2, 0.25) is 0 Å². The molecule has 7 aromatic carbocycles. The molecule has 0 aliphatic carbocycles. The zero-order valence-electron chi connectivity index (χ0n) is 25.6. The van der Waals surface area contributed by atoms with Crippen LogP contribution in [-0.2, 0) is 0 Å². The molecule has 0 aliphatic heterocycles. The molecule has 4 heterocycles. The second-order valence-corrected chi connectivity index (χ2v) is 14.4. The van der Waals surface area contributed by atoms with Gasteiger partial charge < -0.3 is 4.57 Å². The van der Waals surface area contributed by atoms with Crippen LogP contribution in [0.25, 0.3) is 95.9 Å². The van der Waals surface area contributed by atoms with E-state index in [2.05, 4.69) is 161 Å². The maximum absolute atomic E-state index is 5.52. The minimum atomic E-state index is 0.990. The van der Waals surface area contributed by atoms with Crippen LogP contribution < -0.4 is 0 Å². The van der Waals surface area contributed by atoms with E-state index in [0.717, 1.165) is 10.6 Å². The first-order valence-corrected chi connectivity index (χ1v) is 17.8. The van der Waals surface area contributed by atoms with Gasteiger partial charge >= 0.3 is 0 Å². The number of fused-ring (bicyclic) bond motifs is 12. The molecule has 0 spiro atoms. The lowest BCUT2D eigenvalue weighted by molar-refractivity contribution is 1.15. The molecule has 0 amide bonds. The van der Waals surface area contributed by atoms with Crippen LogP contribution in [0, 0.1) is 0 Å². The molecule has 48 heavy (non-hydrogen) atoms. The van der Waals surface area contributed by atoms with Gasteiger partial charge in [0.15, 0.2) is 5.13 Å². The zero-order valence-corrected chi connectivity index (χ0v) is 27.2. The van der Waals surface area contributed by atoms with E-state index < -0.39 is 0 Å². The molecule has 0 fully saturated rings. The summed E-state index contributed by atoms with van der Waals surface area (Å²) in [6.07, 6.45) is 0. The smallest absolute Gasteiger partial charge is 0.195 e. The Morgan fingerprint density at radius 2 is 1.02 bits per heavy atom. The highest BCUT2D eigenvalue weighted by molar-refractivity contribution is 7.27. The summed E-state index contributed by atoms with van der Waals surface area (Å²) < 4.78 is 8.58. The largest absolute Gasteiger partial charge is 0.309 e. The SMILES string of the molecule is c1ccc(-c2cc3sc(-n4c5ccccc5c5c6c7ccccc7n(-c7ccccc7)c6ccc54)nc3c3c2sc2ccccc23)cc1. The minimum Gasteiger partial charge on any atom is -0.309 e. The standard InChI is InChI=1S/C43H25N3S2/c1-3-13-26(14-4-1)31-25-37-41(40-30-19-9-12-22-36(30)47-42(31)40)44-43(48-37)46-33-21-11-8-18-29(33)39-35(46)24-23-34-38(39)28-17-7-10-20-32(28)45(34)27-15-5-2-6-16-27/h1-25H. The Labute approximate surface area is 283 Å². The lowest BCUT2D eigenvalue weighted by Crippen LogP contribution is -1.94. The van der Waals surface area contributed by atoms with Crippen LogP contribution in [0.5, 0.6) is 0 Å². The van der Waals surface area contributed by atoms with Crippen LogP contribution in [0.3, 0.4) is 0 Å². The van der Waals surface area contributed by atoms with Gasteiger partial charge in [-0.3, -0.25) is 4.57 Å². The number of hydrogen-bond donors (Lipinski definition) is 0. The molecule has 224 valence electrons. The third-order valence-corrected chi connectivity index (χ3v) is 11.9. The van der Waals surface area contributed by atoms with E-state index in [0.29, 0.717) is 0 Å². The molecule has 0 radical (unpaired) electrons. The summed E-state index contributed by atoms with van der Waals surface area (Å²) in [4.78, 5) is 5.52. The average Bonchev–Trinajstić information content (AvgIpc) is 3.90. The summed E-state index contributed by atoms with van der Waals surface area (Å²) in [5.41, 5.74) is 9.52. The highest BCUT2D eigenvalue weighted by Crippen LogP contribution is 2.47. The van der Waals surface area contributed by atoms with Gasteiger partial charge in [-0.2, -0.15) is 0 Å². The number of thiazole rings is 1. The van der Waals surface area contributed by atoms with Crippen molar-refractivity contribution in [3.05, 3.63) is 152 Å². The van der Waals surface area contributed by atoms with Gasteiger partial charge in [0.05, 0.1) is 32.3 Å². The number of nitrogens with zero attached hydrogens (tertiary/aromatic N) is 3. The number of benzene rings is 7. The molecule has 0 atom stereocenters. The van der Waals surface area contributed by atoms with Crippen molar-refractivity contribution >= 4 is 96.7 Å². The van der Waals surface area contributed by atoms with Crippen LogP contribution >= 0.6 is 22.7 Å². The second kappa shape index (κ2) is 9.88. The second-order valence-electron chi connectivity index (χ2n) is 12.3. The first-order chi connectivity index (χ1) is 23.8. The van der Waals surface area contributed by atoms with E-state index in [4.69, 9.17) is 4.98 Å². The van der Waals surface area contributed by atoms with Crippen LogP contribution in [0.1, 0.15) is 0 Å². The van der Waals surface area contributed by atoms with Crippen LogP contribution in [0.4, 0.5) is 0 Å². The van der Waals surface area contributed by atoms with E-state index in [1.807, 2.05) is 11.3 Å². The van der Waals surface area contributed by atoms with Gasteiger partial charge in [0.1, 0.15) is 0 Å². The Kier molecular flexibility index (Phi) is 5.42. The predicted octanol–water partition coefficient (Wildman–Crippen LogP) is 12.5. The Morgan fingerprint density at radius 1 is 0.438 bits per heavy atom. The van der Waals surface area contributed by atoms with E-state index >= 15 is 0 Å². The highest BCUT2D eigenvalue weighted by Gasteiger charge is 2.23. The number of aromatic nitrogens is 3. The topological polar surface area (TPSA) is 22.8 Å². The Bertz CT molecular complexity index is 3050. The first-order valence-electron chi connectivity index (χ1n) is 16.1. The van der Waals surface area contributed by atoms with Gasteiger partial charge in [-0.15, -0.1) is 11.3 Å². The molecule has 0 unspecified atom stereocenters. The van der Waals surface area contributed by atoms with Crippen molar-refractivity contribution in [3.63, 3.8) is 0 Å². The molecule has 0 aliphatic rings. The highest BCUT2D eigenvalue weighted by atomic mass is 32.1. The average molecular weight is 648 g/mol. The molecular weight excluding hydrogens is 623 g/mol. The van der Waals surface area contributed by atoms with E-state index in [1.165, 1.54) is 85.3 Å². The molecule has 0 bridgehead atoms. The maximum Gasteiger partial charge on any atom is 0.195 e. The number of rotatable bonds is 3. The van der Waals surface area contributed by atoms with E-state index in [9.17, 15) is 0 Å². The summed E-state index contributed by atoms with van der Waals surface area (Å²) in [5.74, 6) is 0. The quantitative estimate of drug-likeness (QED) is 0.187. The summed E-state index contributed by atoms with van der Waals surface area (Å²) in [5, 5.41) is 8.56. The zero-order chi connectivity index (χ0) is 31.3. The molecule has 3 nitrogen and oxygen atoms in total. The molecule has 0 saturated heterocycles. The summed E-state index contributed by atoms with van der Waals surface area (Å²) in [6.45, 7) is 0. The molecule has 11 aromatic rings. The third-order valence-electron chi connectivity index (χ3n) is 9.76. The van der Waals surface area contributed by atoms with Gasteiger partial charge in [0.2, 0.25) is 0 Å². The molecule has 0 saturated carbocycles. The van der Waals surface area contributed by atoms with Gasteiger partial charge in [-0.05, 0) is 54.1 Å². The van der Waals surface area contributed by atoms with Gasteiger partial charge in [0.25, 0.3) is 0 Å². The van der Waals surface area contributed by atoms with Gasteiger partial charge in [0, 0.05) is 53.0 Å². The fraction of sp³-hybridized carbons (Fsp3) is 0. The Hall–Kier alpha value is -5.75. The number of hydrogen-bond acceptors (Lipinski definition) is 3. The molecule has 5 heteroatoms. The fourth-order valence-corrected chi connectivity index (χ4v) is 10.1. The fourth-order valence-electron chi connectivity index (χ4n) is 7.77. The third kappa shape index (κ3) is 3.55. The molecule has 11 rings (SSSR count). The van der Waals surface area contributed by atoms with Crippen molar-refractivity contribution < 1.29 is 0 Å². The van der Waals surface area contributed by atoms with Crippen molar-refractivity contribution in [1.82, 2.24) is 14.1 Å². The first kappa shape index (κ1) is 26.3. The summed E-state index contributed by atoms with van der Waals surface area (Å²) >= 11 is 3.65. The molecule has 0 N–H and O–H groups in total. The van der Waals surface area contributed by atoms with Crippen LogP contribution in [-0.4, -0.2) is 14.1 Å². The summed E-state index contributed by atoms with van der Waals surface area (Å²) in [6, 6.07) is 54.8. The van der Waals surface area contributed by atoms with Crippen molar-refractivity contribution in [2.45, 2.75) is 0 Å². The van der Waals surface area contributed by atoms with Crippen molar-refractivity contribution in [3.8, 4) is 21.9 Å².